The van der Waals surface area contributed by atoms with Crippen molar-refractivity contribution in [1.82, 2.24) is 4.90 Å². The van der Waals surface area contributed by atoms with Gasteiger partial charge in [0.1, 0.15) is 12.4 Å². The zero-order valence-corrected chi connectivity index (χ0v) is 16.4. The minimum atomic E-state index is -0.200. The van der Waals surface area contributed by atoms with Crippen LogP contribution in [-0.4, -0.2) is 49.1 Å². The fourth-order valence-electron chi connectivity index (χ4n) is 3.67. The Morgan fingerprint density at radius 2 is 1.66 bits per heavy atom. The van der Waals surface area contributed by atoms with Crippen LogP contribution in [0.1, 0.15) is 46.4 Å². The first-order chi connectivity index (χ1) is 14.2. The molecule has 0 aliphatic carbocycles. The number of ether oxygens (including phenoxy) is 2. The standard InChI is InChI=1S/C23H26N2O4/c26-22(17-7-11-20(12-8-17)29-16-21-4-3-15-28-21)24-19-9-5-18(6-10-19)23(27)25-13-1-2-14-25/h5-12,21H,1-4,13-16H2,(H,24,26). The van der Waals surface area contributed by atoms with Gasteiger partial charge in [0, 0.05) is 36.5 Å². The van der Waals surface area contributed by atoms with Crippen LogP contribution in [0.5, 0.6) is 5.75 Å². The molecule has 2 aliphatic heterocycles. The highest BCUT2D eigenvalue weighted by Gasteiger charge is 2.19. The summed E-state index contributed by atoms with van der Waals surface area (Å²) in [6.45, 7) is 2.99. The summed E-state index contributed by atoms with van der Waals surface area (Å²) in [7, 11) is 0. The Kier molecular flexibility index (Phi) is 6.10. The predicted octanol–water partition coefficient (Wildman–Crippen LogP) is 3.73. The van der Waals surface area contributed by atoms with E-state index >= 15 is 0 Å². The van der Waals surface area contributed by atoms with Crippen LogP contribution in [0.25, 0.3) is 0 Å². The average Bonchev–Trinajstić information content (AvgIpc) is 3.47. The molecule has 2 saturated heterocycles. The Hall–Kier alpha value is -2.86. The molecule has 0 aromatic heterocycles. The van der Waals surface area contributed by atoms with Gasteiger partial charge >= 0.3 is 0 Å². The summed E-state index contributed by atoms with van der Waals surface area (Å²) in [5.41, 5.74) is 1.86. The largest absolute Gasteiger partial charge is 0.491 e. The third kappa shape index (κ3) is 4.95. The van der Waals surface area contributed by atoms with E-state index in [0.29, 0.717) is 23.4 Å². The van der Waals surface area contributed by atoms with E-state index in [1.165, 1.54) is 0 Å². The molecule has 1 atom stereocenters. The molecular formula is C23H26N2O4. The molecule has 152 valence electrons. The molecule has 6 nitrogen and oxygen atoms in total. The number of rotatable bonds is 6. The van der Waals surface area contributed by atoms with Crippen LogP contribution in [0.2, 0.25) is 0 Å². The number of benzene rings is 2. The Labute approximate surface area is 170 Å². The maximum absolute atomic E-state index is 12.5. The fourth-order valence-corrected chi connectivity index (χ4v) is 3.67. The second-order valence-electron chi connectivity index (χ2n) is 7.50. The average molecular weight is 394 g/mol. The molecule has 2 heterocycles. The SMILES string of the molecule is O=C(Nc1ccc(C(=O)N2CCCC2)cc1)c1ccc(OCC2CCCO2)cc1. The molecule has 0 saturated carbocycles. The van der Waals surface area contributed by atoms with Gasteiger partial charge in [-0.1, -0.05) is 0 Å². The van der Waals surface area contributed by atoms with Gasteiger partial charge in [0.2, 0.25) is 0 Å². The van der Waals surface area contributed by atoms with E-state index in [2.05, 4.69) is 5.32 Å². The Bertz CT molecular complexity index is 836. The van der Waals surface area contributed by atoms with E-state index in [1.54, 1.807) is 48.5 Å². The highest BCUT2D eigenvalue weighted by molar-refractivity contribution is 6.04. The van der Waals surface area contributed by atoms with Crippen LogP contribution in [0, 0.1) is 0 Å². The van der Waals surface area contributed by atoms with Crippen molar-refractivity contribution < 1.29 is 19.1 Å². The maximum atomic E-state index is 12.5. The van der Waals surface area contributed by atoms with Crippen LogP contribution in [0.3, 0.4) is 0 Å². The molecule has 2 aromatic rings. The highest BCUT2D eigenvalue weighted by Crippen LogP contribution is 2.19. The van der Waals surface area contributed by atoms with Crippen molar-refractivity contribution in [3.8, 4) is 5.75 Å². The van der Waals surface area contributed by atoms with Crippen LogP contribution >= 0.6 is 0 Å². The zero-order valence-electron chi connectivity index (χ0n) is 16.4. The van der Waals surface area contributed by atoms with Gasteiger partial charge in [-0.3, -0.25) is 9.59 Å². The third-order valence-electron chi connectivity index (χ3n) is 5.36. The minimum Gasteiger partial charge on any atom is -0.491 e. The van der Waals surface area contributed by atoms with Crippen molar-refractivity contribution in [2.24, 2.45) is 0 Å². The Balaban J connectivity index is 1.30. The smallest absolute Gasteiger partial charge is 0.255 e. The van der Waals surface area contributed by atoms with Gasteiger partial charge in [0.25, 0.3) is 11.8 Å². The summed E-state index contributed by atoms with van der Waals surface area (Å²) in [6, 6.07) is 14.1. The molecule has 2 amide bonds. The first kappa shape index (κ1) is 19.5. The lowest BCUT2D eigenvalue weighted by molar-refractivity contribution is 0.0679. The summed E-state index contributed by atoms with van der Waals surface area (Å²) in [6.07, 6.45) is 4.41. The van der Waals surface area contributed by atoms with E-state index in [0.717, 1.165) is 51.1 Å². The number of amides is 2. The summed E-state index contributed by atoms with van der Waals surface area (Å²) in [5.74, 6) is 0.579. The number of nitrogens with zero attached hydrogens (tertiary/aromatic N) is 1. The van der Waals surface area contributed by atoms with Crippen LogP contribution in [0.4, 0.5) is 5.69 Å². The number of hydrogen-bond donors (Lipinski definition) is 1. The van der Waals surface area contributed by atoms with E-state index in [4.69, 9.17) is 9.47 Å². The van der Waals surface area contributed by atoms with E-state index in [-0.39, 0.29) is 17.9 Å². The van der Waals surface area contributed by atoms with Crippen molar-refractivity contribution in [2.45, 2.75) is 31.8 Å². The van der Waals surface area contributed by atoms with Crippen LogP contribution in [-0.2, 0) is 4.74 Å². The number of hydrogen-bond acceptors (Lipinski definition) is 4. The van der Waals surface area contributed by atoms with Crippen molar-refractivity contribution >= 4 is 17.5 Å². The zero-order chi connectivity index (χ0) is 20.1. The van der Waals surface area contributed by atoms with Crippen molar-refractivity contribution in [2.75, 3.05) is 31.6 Å². The lowest BCUT2D eigenvalue weighted by Gasteiger charge is -2.15. The number of anilines is 1. The number of nitrogens with one attached hydrogen (secondary N) is 1. The molecule has 4 rings (SSSR count). The van der Waals surface area contributed by atoms with Gasteiger partial charge in [-0.25, -0.2) is 0 Å². The van der Waals surface area contributed by atoms with Gasteiger partial charge in [-0.15, -0.1) is 0 Å². The fraction of sp³-hybridized carbons (Fsp3) is 0.391. The summed E-state index contributed by atoms with van der Waals surface area (Å²) in [5, 5.41) is 2.87. The molecular weight excluding hydrogens is 368 g/mol. The molecule has 2 aromatic carbocycles. The monoisotopic (exact) mass is 394 g/mol. The number of likely N-dealkylation sites (tertiary alicyclic amines) is 1. The Morgan fingerprint density at radius 3 is 2.31 bits per heavy atom. The van der Waals surface area contributed by atoms with Crippen LogP contribution in [0.15, 0.2) is 48.5 Å². The number of carbonyl (C=O) groups is 2. The van der Waals surface area contributed by atoms with Gasteiger partial charge in [-0.2, -0.15) is 0 Å². The van der Waals surface area contributed by atoms with E-state index in [1.807, 2.05) is 4.90 Å². The van der Waals surface area contributed by atoms with Crippen LogP contribution < -0.4 is 10.1 Å². The van der Waals surface area contributed by atoms with Crippen molar-refractivity contribution in [3.63, 3.8) is 0 Å². The maximum Gasteiger partial charge on any atom is 0.255 e. The van der Waals surface area contributed by atoms with Crippen molar-refractivity contribution in [3.05, 3.63) is 59.7 Å². The van der Waals surface area contributed by atoms with Gasteiger partial charge in [0.05, 0.1) is 6.10 Å². The normalized spacial score (nSPS) is 18.6. The van der Waals surface area contributed by atoms with E-state index < -0.39 is 0 Å². The highest BCUT2D eigenvalue weighted by atomic mass is 16.5. The lowest BCUT2D eigenvalue weighted by Crippen LogP contribution is -2.27. The minimum absolute atomic E-state index is 0.0546. The first-order valence-electron chi connectivity index (χ1n) is 10.2. The van der Waals surface area contributed by atoms with Crippen molar-refractivity contribution in [1.29, 1.82) is 0 Å². The predicted molar refractivity (Wildman–Crippen MR) is 110 cm³/mol. The topological polar surface area (TPSA) is 67.9 Å². The molecule has 29 heavy (non-hydrogen) atoms. The summed E-state index contributed by atoms with van der Waals surface area (Å²) in [4.78, 5) is 26.7. The molecule has 1 unspecified atom stereocenters. The van der Waals surface area contributed by atoms with Gasteiger partial charge in [-0.05, 0) is 74.2 Å². The second kappa shape index (κ2) is 9.09. The molecule has 0 spiro atoms. The Morgan fingerprint density at radius 1 is 0.966 bits per heavy atom. The number of carbonyl (C=O) groups excluding carboxylic acids is 2. The lowest BCUT2D eigenvalue weighted by atomic mass is 10.1. The molecule has 0 bridgehead atoms. The summed E-state index contributed by atoms with van der Waals surface area (Å²) < 4.78 is 11.3. The second-order valence-corrected chi connectivity index (χ2v) is 7.50. The van der Waals surface area contributed by atoms with Gasteiger partial charge in [0.15, 0.2) is 0 Å². The van der Waals surface area contributed by atoms with Gasteiger partial charge < -0.3 is 19.7 Å². The molecule has 1 N–H and O–H groups in total. The van der Waals surface area contributed by atoms with E-state index in [9.17, 15) is 9.59 Å². The molecule has 0 radical (unpaired) electrons. The molecule has 2 aliphatic rings. The first-order valence-corrected chi connectivity index (χ1v) is 10.2. The molecule has 6 heteroatoms. The summed E-state index contributed by atoms with van der Waals surface area (Å²) >= 11 is 0. The quantitative estimate of drug-likeness (QED) is 0.811. The molecule has 2 fully saturated rings. The third-order valence-corrected chi connectivity index (χ3v) is 5.36.